The van der Waals surface area contributed by atoms with E-state index in [0.717, 1.165) is 22.7 Å². The first-order chi connectivity index (χ1) is 26.8. The number of hydrogen-bond acceptors (Lipinski definition) is 1. The lowest BCUT2D eigenvalue weighted by atomic mass is 9.93. The first-order valence-corrected chi connectivity index (χ1v) is 18.6. The number of hydrogen-bond donors (Lipinski definition) is 0. The Labute approximate surface area is 313 Å². The highest BCUT2D eigenvalue weighted by molar-refractivity contribution is 6.27. The summed E-state index contributed by atoms with van der Waals surface area (Å²) in [7, 11) is 0. The lowest BCUT2D eigenvalue weighted by Gasteiger charge is -2.28. The molecule has 0 amide bonds. The van der Waals surface area contributed by atoms with Gasteiger partial charge in [0.05, 0.1) is 16.7 Å². The fourth-order valence-electron chi connectivity index (χ4n) is 8.73. The summed E-state index contributed by atoms with van der Waals surface area (Å²) in [4.78, 5) is 2.47. The van der Waals surface area contributed by atoms with Gasteiger partial charge in [-0.2, -0.15) is 0 Å². The second-order valence-corrected chi connectivity index (χ2v) is 14.1. The Morgan fingerprint density at radius 3 is 1.57 bits per heavy atom. The first-order valence-electron chi connectivity index (χ1n) is 18.6. The molecule has 0 aliphatic carbocycles. The Balaban J connectivity index is 1.30. The van der Waals surface area contributed by atoms with Gasteiger partial charge in [0.2, 0.25) is 0 Å². The van der Waals surface area contributed by atoms with Crippen LogP contribution in [-0.2, 0) is 0 Å². The highest BCUT2D eigenvalue weighted by atomic mass is 15.1. The normalized spacial score (nSPS) is 11.7. The molecule has 0 radical (unpaired) electrons. The summed E-state index contributed by atoms with van der Waals surface area (Å²) in [6, 6.07) is 75.3. The number of para-hydroxylation sites is 2. The summed E-state index contributed by atoms with van der Waals surface area (Å²) < 4.78 is 2.47. The molecular weight excluding hydrogens is 653 g/mol. The molecular formula is C52H34N2. The third-order valence-electron chi connectivity index (χ3n) is 11.1. The average molecular weight is 687 g/mol. The molecule has 0 saturated carbocycles. The van der Waals surface area contributed by atoms with E-state index in [-0.39, 0.29) is 0 Å². The zero-order chi connectivity index (χ0) is 35.6. The summed E-state index contributed by atoms with van der Waals surface area (Å²) >= 11 is 0. The summed E-state index contributed by atoms with van der Waals surface area (Å²) in [5.41, 5.74) is 9.29. The van der Waals surface area contributed by atoms with Gasteiger partial charge in [-0.3, -0.25) is 0 Å². The van der Waals surface area contributed by atoms with Crippen molar-refractivity contribution in [3.05, 3.63) is 206 Å². The number of nitrogens with zero attached hydrogens (tertiary/aromatic N) is 2. The van der Waals surface area contributed by atoms with Crippen molar-refractivity contribution in [1.29, 1.82) is 0 Å². The first kappa shape index (κ1) is 30.5. The van der Waals surface area contributed by atoms with Crippen molar-refractivity contribution in [1.82, 2.24) is 4.57 Å². The molecule has 0 bridgehead atoms. The maximum absolute atomic E-state index is 2.47. The molecule has 2 heteroatoms. The lowest BCUT2D eigenvalue weighted by molar-refractivity contribution is 1.19. The van der Waals surface area contributed by atoms with E-state index >= 15 is 0 Å². The molecule has 0 aliphatic heterocycles. The molecule has 54 heavy (non-hydrogen) atoms. The van der Waals surface area contributed by atoms with Crippen LogP contribution in [0, 0.1) is 0 Å². The average Bonchev–Trinajstić information content (AvgIpc) is 3.60. The molecule has 0 atom stereocenters. The van der Waals surface area contributed by atoms with E-state index in [2.05, 4.69) is 216 Å². The minimum Gasteiger partial charge on any atom is -0.310 e. The van der Waals surface area contributed by atoms with Crippen LogP contribution >= 0.6 is 0 Å². The molecule has 0 N–H and O–H groups in total. The number of fused-ring (bicyclic) bond motifs is 11. The van der Waals surface area contributed by atoms with Gasteiger partial charge in [-0.05, 0) is 103 Å². The summed E-state index contributed by atoms with van der Waals surface area (Å²) in [6.45, 7) is 0. The second kappa shape index (κ2) is 12.2. The van der Waals surface area contributed by atoms with Gasteiger partial charge < -0.3 is 9.47 Å². The van der Waals surface area contributed by atoms with E-state index in [9.17, 15) is 0 Å². The fourth-order valence-corrected chi connectivity index (χ4v) is 8.73. The maximum atomic E-state index is 2.47. The highest BCUT2D eigenvalue weighted by Crippen LogP contribution is 2.48. The van der Waals surface area contributed by atoms with E-state index in [1.807, 2.05) is 0 Å². The van der Waals surface area contributed by atoms with Crippen molar-refractivity contribution >= 4 is 82.0 Å². The lowest BCUT2D eigenvalue weighted by Crippen LogP contribution is -2.10. The molecule has 1 aromatic heterocycles. The van der Waals surface area contributed by atoms with Crippen LogP contribution in [0.2, 0.25) is 0 Å². The minimum atomic E-state index is 1.11. The van der Waals surface area contributed by atoms with Crippen molar-refractivity contribution in [2.45, 2.75) is 0 Å². The molecule has 252 valence electrons. The predicted octanol–water partition coefficient (Wildman–Crippen LogP) is 14.5. The van der Waals surface area contributed by atoms with Gasteiger partial charge in [0.1, 0.15) is 0 Å². The Hall–Kier alpha value is -7.16. The predicted molar refractivity (Wildman–Crippen MR) is 231 cm³/mol. The zero-order valence-corrected chi connectivity index (χ0v) is 29.5. The zero-order valence-electron chi connectivity index (χ0n) is 29.5. The maximum Gasteiger partial charge on any atom is 0.0640 e. The Morgan fingerprint density at radius 2 is 0.889 bits per heavy atom. The summed E-state index contributed by atoms with van der Waals surface area (Å²) in [5, 5.41) is 12.5. The number of aromatic nitrogens is 1. The molecule has 2 nitrogen and oxygen atoms in total. The third-order valence-corrected chi connectivity index (χ3v) is 11.1. The molecule has 0 saturated heterocycles. The second-order valence-electron chi connectivity index (χ2n) is 14.1. The monoisotopic (exact) mass is 686 g/mol. The molecule has 0 fully saturated rings. The van der Waals surface area contributed by atoms with Gasteiger partial charge in [-0.25, -0.2) is 0 Å². The van der Waals surface area contributed by atoms with Crippen molar-refractivity contribution in [2.24, 2.45) is 0 Å². The smallest absolute Gasteiger partial charge is 0.0640 e. The Morgan fingerprint density at radius 1 is 0.333 bits per heavy atom. The van der Waals surface area contributed by atoms with Gasteiger partial charge in [-0.1, -0.05) is 152 Å². The summed E-state index contributed by atoms with van der Waals surface area (Å²) in [6.07, 6.45) is 0. The van der Waals surface area contributed by atoms with Crippen molar-refractivity contribution in [2.75, 3.05) is 4.90 Å². The highest BCUT2D eigenvalue weighted by Gasteiger charge is 2.24. The molecule has 0 aliphatic rings. The number of benzene rings is 10. The van der Waals surface area contributed by atoms with Gasteiger partial charge in [0, 0.05) is 33.2 Å². The van der Waals surface area contributed by atoms with E-state index in [1.165, 1.54) is 76.0 Å². The fraction of sp³-hybridized carbons (Fsp3) is 0. The van der Waals surface area contributed by atoms with Crippen LogP contribution in [0.3, 0.4) is 0 Å². The quantitative estimate of drug-likeness (QED) is 0.164. The molecule has 11 aromatic rings. The largest absolute Gasteiger partial charge is 0.310 e. The van der Waals surface area contributed by atoms with Crippen LogP contribution in [0.1, 0.15) is 0 Å². The minimum absolute atomic E-state index is 1.11. The van der Waals surface area contributed by atoms with Crippen LogP contribution in [-0.4, -0.2) is 4.57 Å². The SMILES string of the molecule is c1ccc(-c2ccc3c(c2)c2c(N(c4ccccc4)c4ccc5c6ccccc6c6ccccc6c5c4)cc4ccccc4c2n3-c2ccccc2)cc1. The van der Waals surface area contributed by atoms with Gasteiger partial charge in [0.25, 0.3) is 0 Å². The van der Waals surface area contributed by atoms with E-state index < -0.39 is 0 Å². The molecule has 0 spiro atoms. The third kappa shape index (κ3) is 4.67. The van der Waals surface area contributed by atoms with Crippen LogP contribution in [0.25, 0.3) is 81.7 Å². The van der Waals surface area contributed by atoms with Gasteiger partial charge in [0.15, 0.2) is 0 Å². The number of anilines is 3. The van der Waals surface area contributed by atoms with Crippen molar-refractivity contribution in [3.63, 3.8) is 0 Å². The van der Waals surface area contributed by atoms with Gasteiger partial charge in [-0.15, -0.1) is 0 Å². The topological polar surface area (TPSA) is 8.17 Å². The van der Waals surface area contributed by atoms with Crippen molar-refractivity contribution < 1.29 is 0 Å². The Kier molecular flexibility index (Phi) is 6.90. The van der Waals surface area contributed by atoms with E-state index in [4.69, 9.17) is 0 Å². The molecule has 0 unspecified atom stereocenters. The van der Waals surface area contributed by atoms with Gasteiger partial charge >= 0.3 is 0 Å². The van der Waals surface area contributed by atoms with Crippen LogP contribution < -0.4 is 4.90 Å². The van der Waals surface area contributed by atoms with Crippen LogP contribution in [0.15, 0.2) is 206 Å². The van der Waals surface area contributed by atoms with Crippen LogP contribution in [0.5, 0.6) is 0 Å². The van der Waals surface area contributed by atoms with E-state index in [0.29, 0.717) is 0 Å². The summed E-state index contributed by atoms with van der Waals surface area (Å²) in [5.74, 6) is 0. The van der Waals surface area contributed by atoms with E-state index in [1.54, 1.807) is 0 Å². The molecule has 1 heterocycles. The number of rotatable bonds is 5. The molecule has 11 rings (SSSR count). The standard InChI is InChI=1S/C52H34N2/c1-4-16-35(17-5-1)36-28-31-49-48(32-36)51-50(33-37-18-10-11-23-41(37)52(51)54(49)39-21-8-3-9-22-39)53(38-19-6-2-7-20-38)40-29-30-46-44-26-13-12-24-42(44)43-25-14-15-27-45(43)47(46)34-40/h1-34H. The Bertz CT molecular complexity index is 3160. The van der Waals surface area contributed by atoms with Crippen molar-refractivity contribution in [3.8, 4) is 16.8 Å². The van der Waals surface area contributed by atoms with Crippen LogP contribution in [0.4, 0.5) is 17.1 Å². The molecule has 10 aromatic carbocycles.